The lowest BCUT2D eigenvalue weighted by Gasteiger charge is -2.27. The Labute approximate surface area is 235 Å². The number of fused-ring (bicyclic) bond motifs is 3. The molecule has 2 aliphatic heterocycles. The Morgan fingerprint density at radius 2 is 2.00 bits per heavy atom. The Balaban J connectivity index is 1.30. The van der Waals surface area contributed by atoms with Crippen LogP contribution < -0.4 is 15.4 Å². The first-order valence-corrected chi connectivity index (χ1v) is 13.8. The lowest BCUT2D eigenvalue weighted by Crippen LogP contribution is -2.42. The minimum absolute atomic E-state index is 0.129. The fourth-order valence-corrected chi connectivity index (χ4v) is 5.42. The number of nitrogens with zero attached hydrogens (tertiary/aromatic N) is 3. The number of methoxy groups -OCH3 is 1. The molecule has 0 saturated carbocycles. The fraction of sp³-hybridized carbons (Fsp3) is 0.276. The second-order valence-electron chi connectivity index (χ2n) is 9.18. The molecule has 2 aliphatic rings. The Hall–Kier alpha value is -4.38. The third-order valence-corrected chi connectivity index (χ3v) is 7.80. The highest BCUT2D eigenvalue weighted by Crippen LogP contribution is 2.36. The van der Waals surface area contributed by atoms with E-state index in [1.54, 1.807) is 49.8 Å². The number of amidine groups is 2. The number of carbonyl (C=O) groups excluding carboxylic acids is 3. The molecule has 0 aliphatic carbocycles. The van der Waals surface area contributed by atoms with Crippen molar-refractivity contribution in [2.45, 2.75) is 44.0 Å². The van der Waals surface area contributed by atoms with E-state index in [0.29, 0.717) is 40.3 Å². The minimum atomic E-state index is -0.730. The fourth-order valence-electron chi connectivity index (χ4n) is 4.40. The average Bonchev–Trinajstić information content (AvgIpc) is 3.61. The molecule has 40 heavy (non-hydrogen) atoms. The number of benzene rings is 2. The number of para-hydroxylation sites is 1. The predicted octanol–water partition coefficient (Wildman–Crippen LogP) is 4.49. The number of aliphatic imine (C=N–C) groups is 2. The molecule has 3 heterocycles. The van der Waals surface area contributed by atoms with Crippen LogP contribution in [0.1, 0.15) is 37.5 Å². The van der Waals surface area contributed by atoms with E-state index in [1.165, 1.54) is 16.7 Å². The van der Waals surface area contributed by atoms with Crippen molar-refractivity contribution in [1.82, 2.24) is 10.2 Å². The first kappa shape index (κ1) is 27.2. The number of nitrogens with one attached hydrogen (secondary N) is 2. The molecule has 3 amide bonds. The number of hydrogen-bond donors (Lipinski definition) is 2. The molecule has 5 rings (SSSR count). The number of anilines is 1. The third kappa shape index (κ3) is 5.94. The predicted molar refractivity (Wildman–Crippen MR) is 154 cm³/mol. The van der Waals surface area contributed by atoms with Crippen molar-refractivity contribution in [3.05, 3.63) is 78.3 Å². The van der Waals surface area contributed by atoms with Crippen LogP contribution in [-0.4, -0.2) is 52.0 Å². The Morgan fingerprint density at radius 3 is 2.77 bits per heavy atom. The molecule has 2 aromatic carbocycles. The molecule has 0 spiro atoms. The summed E-state index contributed by atoms with van der Waals surface area (Å²) in [6.45, 7) is 2.19. The first-order chi connectivity index (χ1) is 19.5. The summed E-state index contributed by atoms with van der Waals surface area (Å²) in [7, 11) is 1.57. The molecule has 10 nitrogen and oxygen atoms in total. The van der Waals surface area contributed by atoms with Gasteiger partial charge in [-0.1, -0.05) is 36.9 Å². The molecule has 206 valence electrons. The Morgan fingerprint density at radius 1 is 1.15 bits per heavy atom. The number of thioether (sulfide) groups is 1. The van der Waals surface area contributed by atoms with Crippen LogP contribution in [0.15, 0.2) is 81.3 Å². The van der Waals surface area contributed by atoms with E-state index in [1.807, 2.05) is 31.2 Å². The summed E-state index contributed by atoms with van der Waals surface area (Å²) in [4.78, 5) is 50.2. The quantitative estimate of drug-likeness (QED) is 0.377. The molecule has 0 radical (unpaired) electrons. The topological polar surface area (TPSA) is 126 Å². The van der Waals surface area contributed by atoms with Crippen LogP contribution in [0.25, 0.3) is 0 Å². The zero-order valence-electron chi connectivity index (χ0n) is 22.1. The summed E-state index contributed by atoms with van der Waals surface area (Å²) >= 11 is 1.22. The lowest BCUT2D eigenvalue weighted by atomic mass is 10.1. The maximum absolute atomic E-state index is 13.6. The number of rotatable bonds is 10. The van der Waals surface area contributed by atoms with Crippen LogP contribution in [0.2, 0.25) is 0 Å². The molecule has 3 aromatic rings. The Bertz CT molecular complexity index is 1470. The van der Waals surface area contributed by atoms with Crippen molar-refractivity contribution in [3.8, 4) is 5.75 Å². The molecule has 0 saturated heterocycles. The van der Waals surface area contributed by atoms with Crippen molar-refractivity contribution in [2.75, 3.05) is 12.4 Å². The molecular weight excluding hydrogens is 530 g/mol. The second kappa shape index (κ2) is 12.2. The molecule has 0 bridgehead atoms. The number of ether oxygens (including phenoxy) is 1. The summed E-state index contributed by atoms with van der Waals surface area (Å²) in [5.41, 5.74) is 2.02. The van der Waals surface area contributed by atoms with Crippen LogP contribution in [-0.2, 0) is 20.9 Å². The number of furan rings is 1. The van der Waals surface area contributed by atoms with Crippen molar-refractivity contribution < 1.29 is 23.5 Å². The lowest BCUT2D eigenvalue weighted by molar-refractivity contribution is -0.125. The summed E-state index contributed by atoms with van der Waals surface area (Å²) in [6, 6.07) is 17.4. The summed E-state index contributed by atoms with van der Waals surface area (Å²) < 4.78 is 10.5. The molecule has 11 heteroatoms. The number of amides is 3. The molecular formula is C29H29N5O5S. The smallest absolute Gasteiger partial charge is 0.259 e. The van der Waals surface area contributed by atoms with Gasteiger partial charge < -0.3 is 19.8 Å². The van der Waals surface area contributed by atoms with Gasteiger partial charge in [0.1, 0.15) is 23.4 Å². The molecule has 2 atom stereocenters. The maximum Gasteiger partial charge on any atom is 0.259 e. The normalized spacial score (nSPS) is 16.4. The van der Waals surface area contributed by atoms with Crippen molar-refractivity contribution in [2.24, 2.45) is 9.98 Å². The highest BCUT2D eigenvalue weighted by atomic mass is 32.2. The SMILES string of the molecule is CCC(SC1=Nc2ccccc2C2=NC(CCC(=O)NCc3ccco3)C(=O)N12)C(=O)Nc1cccc(OC)c1. The van der Waals surface area contributed by atoms with Gasteiger partial charge >= 0.3 is 0 Å². The van der Waals surface area contributed by atoms with E-state index in [0.717, 1.165) is 5.56 Å². The molecule has 2 unspecified atom stereocenters. The van der Waals surface area contributed by atoms with Gasteiger partial charge in [-0.3, -0.25) is 19.4 Å². The summed E-state index contributed by atoms with van der Waals surface area (Å²) in [6.07, 6.45) is 2.43. The maximum atomic E-state index is 13.6. The third-order valence-electron chi connectivity index (χ3n) is 6.48. The van der Waals surface area contributed by atoms with Gasteiger partial charge in [-0.05, 0) is 49.2 Å². The van der Waals surface area contributed by atoms with Gasteiger partial charge in [0.05, 0.1) is 30.9 Å². The van der Waals surface area contributed by atoms with Gasteiger partial charge in [-0.25, -0.2) is 9.89 Å². The largest absolute Gasteiger partial charge is 0.497 e. The van der Waals surface area contributed by atoms with E-state index in [-0.39, 0.29) is 37.1 Å². The highest BCUT2D eigenvalue weighted by molar-refractivity contribution is 8.15. The Kier molecular flexibility index (Phi) is 8.30. The monoisotopic (exact) mass is 559 g/mol. The first-order valence-electron chi connectivity index (χ1n) is 13.0. The van der Waals surface area contributed by atoms with Gasteiger partial charge in [-0.2, -0.15) is 0 Å². The van der Waals surface area contributed by atoms with Crippen LogP contribution in [0.3, 0.4) is 0 Å². The number of hydrogen-bond acceptors (Lipinski definition) is 8. The zero-order valence-corrected chi connectivity index (χ0v) is 22.9. The van der Waals surface area contributed by atoms with Gasteiger partial charge in [0.2, 0.25) is 11.8 Å². The molecule has 0 fully saturated rings. The van der Waals surface area contributed by atoms with E-state index in [2.05, 4.69) is 10.6 Å². The van der Waals surface area contributed by atoms with Crippen molar-refractivity contribution >= 4 is 51.9 Å². The highest BCUT2D eigenvalue weighted by Gasteiger charge is 2.42. The molecule has 1 aromatic heterocycles. The molecule has 2 N–H and O–H groups in total. The van der Waals surface area contributed by atoms with Gasteiger partial charge in [0.15, 0.2) is 5.17 Å². The number of carbonyl (C=O) groups is 3. The van der Waals surface area contributed by atoms with Crippen molar-refractivity contribution in [1.29, 1.82) is 0 Å². The van der Waals surface area contributed by atoms with Crippen LogP contribution in [0.4, 0.5) is 11.4 Å². The van der Waals surface area contributed by atoms with E-state index >= 15 is 0 Å². The van der Waals surface area contributed by atoms with Gasteiger partial charge in [0, 0.05) is 23.7 Å². The summed E-state index contributed by atoms with van der Waals surface area (Å²) in [5, 5.41) is 5.60. The average molecular weight is 560 g/mol. The minimum Gasteiger partial charge on any atom is -0.497 e. The van der Waals surface area contributed by atoms with Crippen LogP contribution >= 0.6 is 11.8 Å². The van der Waals surface area contributed by atoms with Crippen molar-refractivity contribution in [3.63, 3.8) is 0 Å². The summed E-state index contributed by atoms with van der Waals surface area (Å²) in [5.74, 6) is 1.10. The zero-order chi connectivity index (χ0) is 28.1. The van der Waals surface area contributed by atoms with E-state index in [4.69, 9.17) is 19.1 Å². The standard InChI is InChI=1S/C29H29N5O5S/c1-3-24(27(36)31-18-8-6-9-19(16-18)38-2)40-29-33-22-12-5-4-11-21(22)26-32-23(28(37)34(26)29)13-14-25(35)30-17-20-10-7-15-39-20/h4-12,15-16,23-24H,3,13-14,17H2,1-2H3,(H,30,35)(H,31,36). The van der Waals surface area contributed by atoms with Gasteiger partial charge in [0.25, 0.3) is 5.91 Å². The van der Waals surface area contributed by atoms with E-state index < -0.39 is 11.3 Å². The second-order valence-corrected chi connectivity index (χ2v) is 10.4. The van der Waals surface area contributed by atoms with Crippen LogP contribution in [0, 0.1) is 0 Å². The van der Waals surface area contributed by atoms with E-state index in [9.17, 15) is 14.4 Å². The van der Waals surface area contributed by atoms with Crippen LogP contribution in [0.5, 0.6) is 5.75 Å². The van der Waals surface area contributed by atoms with Gasteiger partial charge in [-0.15, -0.1) is 0 Å².